The first kappa shape index (κ1) is 15.4. The molecule has 1 amide bonds. The molecule has 1 atom stereocenters. The number of nitrogens with one attached hydrogen (secondary N) is 2. The summed E-state index contributed by atoms with van der Waals surface area (Å²) in [6.45, 7) is -0.0341. The van der Waals surface area contributed by atoms with Crippen molar-refractivity contribution in [3.63, 3.8) is 0 Å². The van der Waals surface area contributed by atoms with Crippen molar-refractivity contribution < 1.29 is 18.3 Å². The minimum Gasteiger partial charge on any atom is -0.435 e. The first-order chi connectivity index (χ1) is 9.02. The van der Waals surface area contributed by atoms with Gasteiger partial charge < -0.3 is 15.4 Å². The Bertz CT molecular complexity index is 396. The van der Waals surface area contributed by atoms with E-state index in [1.807, 2.05) is 6.92 Å². The Kier molecular flexibility index (Phi) is 6.21. The van der Waals surface area contributed by atoms with E-state index in [2.05, 4.69) is 15.4 Å². The second-order valence-corrected chi connectivity index (χ2v) is 4.20. The van der Waals surface area contributed by atoms with Crippen LogP contribution in [0.15, 0.2) is 24.3 Å². The highest BCUT2D eigenvalue weighted by Crippen LogP contribution is 2.14. The highest BCUT2D eigenvalue weighted by atomic mass is 19.3. The molecule has 19 heavy (non-hydrogen) atoms. The number of hydrogen-bond acceptors (Lipinski definition) is 3. The third-order valence-electron chi connectivity index (χ3n) is 2.57. The molecule has 0 aliphatic heterocycles. The predicted octanol–water partition coefficient (Wildman–Crippen LogP) is 1.76. The fraction of sp³-hybridized carbons (Fsp3) is 0.462. The van der Waals surface area contributed by atoms with E-state index in [1.165, 1.54) is 12.1 Å². The molecule has 0 saturated carbocycles. The van der Waals surface area contributed by atoms with Gasteiger partial charge in [-0.05, 0) is 24.7 Å². The minimum atomic E-state index is -2.83. The van der Waals surface area contributed by atoms with E-state index in [4.69, 9.17) is 0 Å². The standard InChI is InChI=1S/C13H18F2N2O2/c1-9(7-16-2)12(18)17-8-10-3-5-11(6-4-10)19-13(14)15/h3-6,9,13,16H,7-8H2,1-2H3,(H,17,18). The van der Waals surface area contributed by atoms with Crippen molar-refractivity contribution in [2.45, 2.75) is 20.1 Å². The molecule has 6 heteroatoms. The van der Waals surface area contributed by atoms with Gasteiger partial charge in [0.2, 0.25) is 5.91 Å². The van der Waals surface area contributed by atoms with Gasteiger partial charge in [-0.3, -0.25) is 4.79 Å². The zero-order valence-electron chi connectivity index (χ0n) is 11.0. The first-order valence-corrected chi connectivity index (χ1v) is 5.99. The normalized spacial score (nSPS) is 12.3. The summed E-state index contributed by atoms with van der Waals surface area (Å²) in [5.41, 5.74) is 0.826. The zero-order valence-corrected chi connectivity index (χ0v) is 11.0. The third kappa shape index (κ3) is 5.65. The summed E-state index contributed by atoms with van der Waals surface area (Å²) >= 11 is 0. The molecule has 0 heterocycles. The summed E-state index contributed by atoms with van der Waals surface area (Å²) < 4.78 is 28.1. The van der Waals surface area contributed by atoms with E-state index in [0.29, 0.717) is 13.1 Å². The Morgan fingerprint density at radius 3 is 2.47 bits per heavy atom. The molecule has 1 unspecified atom stereocenters. The van der Waals surface area contributed by atoms with Crippen LogP contribution in [0.5, 0.6) is 5.75 Å². The molecule has 1 aromatic rings. The second-order valence-electron chi connectivity index (χ2n) is 4.20. The van der Waals surface area contributed by atoms with Gasteiger partial charge in [0, 0.05) is 19.0 Å². The fourth-order valence-corrected chi connectivity index (χ4v) is 1.55. The van der Waals surface area contributed by atoms with Crippen LogP contribution in [-0.4, -0.2) is 26.1 Å². The number of alkyl halides is 2. The van der Waals surface area contributed by atoms with Crippen molar-refractivity contribution in [2.75, 3.05) is 13.6 Å². The summed E-state index contributed by atoms with van der Waals surface area (Å²) in [7, 11) is 1.78. The Labute approximate surface area is 111 Å². The van der Waals surface area contributed by atoms with Crippen molar-refractivity contribution in [2.24, 2.45) is 5.92 Å². The van der Waals surface area contributed by atoms with Crippen LogP contribution in [0.25, 0.3) is 0 Å². The van der Waals surface area contributed by atoms with E-state index >= 15 is 0 Å². The van der Waals surface area contributed by atoms with Crippen LogP contribution in [0.2, 0.25) is 0 Å². The summed E-state index contributed by atoms with van der Waals surface area (Å²) in [5.74, 6) is -0.0673. The van der Waals surface area contributed by atoms with Crippen LogP contribution in [0.3, 0.4) is 0 Å². The van der Waals surface area contributed by atoms with Gasteiger partial charge in [-0.2, -0.15) is 8.78 Å². The van der Waals surface area contributed by atoms with Gasteiger partial charge in [0.1, 0.15) is 5.75 Å². The highest BCUT2D eigenvalue weighted by Gasteiger charge is 2.11. The lowest BCUT2D eigenvalue weighted by Gasteiger charge is -2.12. The molecule has 0 aromatic heterocycles. The lowest BCUT2D eigenvalue weighted by molar-refractivity contribution is -0.124. The van der Waals surface area contributed by atoms with Crippen LogP contribution in [0.4, 0.5) is 8.78 Å². The van der Waals surface area contributed by atoms with Gasteiger partial charge in [0.05, 0.1) is 0 Å². The molecule has 0 bridgehead atoms. The second kappa shape index (κ2) is 7.68. The number of carbonyl (C=O) groups excluding carboxylic acids is 1. The number of halogens is 2. The molecule has 0 saturated heterocycles. The van der Waals surface area contributed by atoms with Crippen molar-refractivity contribution in [1.82, 2.24) is 10.6 Å². The van der Waals surface area contributed by atoms with Crippen molar-refractivity contribution >= 4 is 5.91 Å². The van der Waals surface area contributed by atoms with Crippen LogP contribution in [0, 0.1) is 5.92 Å². The number of ether oxygens (including phenoxy) is 1. The maximum Gasteiger partial charge on any atom is 0.387 e. The van der Waals surface area contributed by atoms with Crippen molar-refractivity contribution in [1.29, 1.82) is 0 Å². The number of hydrogen-bond donors (Lipinski definition) is 2. The topological polar surface area (TPSA) is 50.4 Å². The maximum absolute atomic E-state index is 12.0. The lowest BCUT2D eigenvalue weighted by Crippen LogP contribution is -2.33. The smallest absolute Gasteiger partial charge is 0.387 e. The van der Waals surface area contributed by atoms with E-state index in [9.17, 15) is 13.6 Å². The van der Waals surface area contributed by atoms with Crippen LogP contribution in [-0.2, 0) is 11.3 Å². The first-order valence-electron chi connectivity index (χ1n) is 5.99. The molecule has 0 spiro atoms. The van der Waals surface area contributed by atoms with Crippen molar-refractivity contribution in [3.05, 3.63) is 29.8 Å². The Balaban J connectivity index is 2.43. The van der Waals surface area contributed by atoms with Gasteiger partial charge in [0.15, 0.2) is 0 Å². The Hall–Kier alpha value is -1.69. The molecule has 4 nitrogen and oxygen atoms in total. The largest absolute Gasteiger partial charge is 0.435 e. The van der Waals surface area contributed by atoms with Crippen LogP contribution < -0.4 is 15.4 Å². The maximum atomic E-state index is 12.0. The molecule has 2 N–H and O–H groups in total. The molecule has 0 fully saturated rings. The van der Waals surface area contributed by atoms with Crippen LogP contribution >= 0.6 is 0 Å². The van der Waals surface area contributed by atoms with Gasteiger partial charge in [-0.1, -0.05) is 19.1 Å². The lowest BCUT2D eigenvalue weighted by atomic mass is 10.1. The number of benzene rings is 1. The summed E-state index contributed by atoms with van der Waals surface area (Å²) in [6, 6.07) is 6.18. The van der Waals surface area contributed by atoms with Gasteiger partial charge >= 0.3 is 6.61 Å². The van der Waals surface area contributed by atoms with Crippen molar-refractivity contribution in [3.8, 4) is 5.75 Å². The highest BCUT2D eigenvalue weighted by molar-refractivity contribution is 5.78. The molecular weight excluding hydrogens is 254 g/mol. The quantitative estimate of drug-likeness (QED) is 0.795. The van der Waals surface area contributed by atoms with E-state index in [0.717, 1.165) is 5.56 Å². The SMILES string of the molecule is CNCC(C)C(=O)NCc1ccc(OC(F)F)cc1. The van der Waals surface area contributed by atoms with Gasteiger partial charge in [-0.15, -0.1) is 0 Å². The predicted molar refractivity (Wildman–Crippen MR) is 68.0 cm³/mol. The number of carbonyl (C=O) groups is 1. The minimum absolute atomic E-state index is 0.0535. The molecular formula is C13H18F2N2O2. The average Bonchev–Trinajstić information content (AvgIpc) is 2.37. The Morgan fingerprint density at radius 2 is 1.95 bits per heavy atom. The summed E-state index contributed by atoms with van der Waals surface area (Å²) in [6.07, 6.45) is 0. The molecule has 1 aromatic carbocycles. The number of amides is 1. The van der Waals surface area contributed by atoms with Gasteiger partial charge in [-0.25, -0.2) is 0 Å². The monoisotopic (exact) mass is 272 g/mol. The van der Waals surface area contributed by atoms with E-state index in [1.54, 1.807) is 19.2 Å². The molecule has 0 aliphatic carbocycles. The summed E-state index contributed by atoms with van der Waals surface area (Å²) in [5, 5.41) is 5.70. The van der Waals surface area contributed by atoms with E-state index < -0.39 is 6.61 Å². The fourth-order valence-electron chi connectivity index (χ4n) is 1.55. The van der Waals surface area contributed by atoms with Gasteiger partial charge in [0.25, 0.3) is 0 Å². The summed E-state index contributed by atoms with van der Waals surface area (Å²) in [4.78, 5) is 11.6. The van der Waals surface area contributed by atoms with E-state index in [-0.39, 0.29) is 17.6 Å². The molecule has 1 rings (SSSR count). The molecule has 106 valence electrons. The third-order valence-corrected chi connectivity index (χ3v) is 2.57. The zero-order chi connectivity index (χ0) is 14.3. The van der Waals surface area contributed by atoms with Crippen LogP contribution in [0.1, 0.15) is 12.5 Å². The molecule has 0 radical (unpaired) electrons. The Morgan fingerprint density at radius 1 is 1.32 bits per heavy atom. The molecule has 0 aliphatic rings. The number of rotatable bonds is 7. The average molecular weight is 272 g/mol.